The SMILES string of the molecule is Nc1cc(C(O)C(O)CCNC(=O)OCc2ccccc2)ccn1. The summed E-state index contributed by atoms with van der Waals surface area (Å²) in [5, 5.41) is 22.6. The van der Waals surface area contributed by atoms with E-state index in [1.54, 1.807) is 6.07 Å². The number of amides is 1. The lowest BCUT2D eigenvalue weighted by atomic mass is 10.0. The number of alkyl carbamates (subject to hydrolysis) is 1. The molecule has 24 heavy (non-hydrogen) atoms. The predicted molar refractivity (Wildman–Crippen MR) is 88.9 cm³/mol. The van der Waals surface area contributed by atoms with Crippen LogP contribution in [0.5, 0.6) is 0 Å². The number of ether oxygens (including phenoxy) is 1. The molecule has 1 aromatic heterocycles. The first-order chi connectivity index (χ1) is 11.6. The minimum atomic E-state index is -1.10. The third-order valence-corrected chi connectivity index (χ3v) is 3.43. The summed E-state index contributed by atoms with van der Waals surface area (Å²) in [7, 11) is 0. The second-order valence-corrected chi connectivity index (χ2v) is 5.30. The molecular weight excluding hydrogens is 310 g/mol. The number of hydrogen-bond donors (Lipinski definition) is 4. The molecule has 128 valence electrons. The van der Waals surface area contributed by atoms with Crippen molar-refractivity contribution in [1.82, 2.24) is 10.3 Å². The van der Waals surface area contributed by atoms with Gasteiger partial charge >= 0.3 is 6.09 Å². The molecule has 0 bridgehead atoms. The van der Waals surface area contributed by atoms with Crippen LogP contribution >= 0.6 is 0 Å². The van der Waals surface area contributed by atoms with Crippen molar-refractivity contribution in [1.29, 1.82) is 0 Å². The molecule has 0 radical (unpaired) electrons. The van der Waals surface area contributed by atoms with Crippen molar-refractivity contribution < 1.29 is 19.7 Å². The van der Waals surface area contributed by atoms with Crippen LogP contribution in [0, 0.1) is 0 Å². The third-order valence-electron chi connectivity index (χ3n) is 3.43. The van der Waals surface area contributed by atoms with E-state index < -0.39 is 18.3 Å². The number of rotatable bonds is 7. The first kappa shape index (κ1) is 17.7. The average molecular weight is 331 g/mol. The zero-order chi connectivity index (χ0) is 17.4. The van der Waals surface area contributed by atoms with E-state index in [1.165, 1.54) is 12.3 Å². The number of aliphatic hydroxyl groups excluding tert-OH is 2. The lowest BCUT2D eigenvalue weighted by Gasteiger charge is -2.18. The Hall–Kier alpha value is -2.64. The maximum absolute atomic E-state index is 11.6. The Morgan fingerprint density at radius 1 is 1.25 bits per heavy atom. The van der Waals surface area contributed by atoms with E-state index in [-0.39, 0.29) is 25.4 Å². The monoisotopic (exact) mass is 331 g/mol. The molecule has 2 unspecified atom stereocenters. The highest BCUT2D eigenvalue weighted by molar-refractivity contribution is 5.67. The van der Waals surface area contributed by atoms with E-state index in [0.717, 1.165) is 5.56 Å². The van der Waals surface area contributed by atoms with Gasteiger partial charge in [-0.15, -0.1) is 0 Å². The zero-order valence-electron chi connectivity index (χ0n) is 13.1. The number of nitrogens with one attached hydrogen (secondary N) is 1. The second kappa shape index (κ2) is 8.85. The minimum absolute atomic E-state index is 0.170. The molecule has 0 saturated carbocycles. The van der Waals surface area contributed by atoms with Crippen LogP contribution in [0.25, 0.3) is 0 Å². The Balaban J connectivity index is 1.70. The summed E-state index contributed by atoms with van der Waals surface area (Å²) in [5.74, 6) is 0.265. The quantitative estimate of drug-likeness (QED) is 0.609. The van der Waals surface area contributed by atoms with E-state index in [4.69, 9.17) is 10.5 Å². The molecule has 0 spiro atoms. The van der Waals surface area contributed by atoms with Gasteiger partial charge in [0.05, 0.1) is 6.10 Å². The molecule has 5 N–H and O–H groups in total. The van der Waals surface area contributed by atoms with Crippen molar-refractivity contribution in [2.45, 2.75) is 25.2 Å². The van der Waals surface area contributed by atoms with Gasteiger partial charge in [-0.1, -0.05) is 30.3 Å². The van der Waals surface area contributed by atoms with Gasteiger partial charge in [0, 0.05) is 12.7 Å². The fourth-order valence-corrected chi connectivity index (χ4v) is 2.13. The Labute approximate surface area is 140 Å². The molecule has 1 amide bonds. The van der Waals surface area contributed by atoms with Crippen LogP contribution in [0.3, 0.4) is 0 Å². The molecule has 1 aromatic carbocycles. The van der Waals surface area contributed by atoms with E-state index in [1.807, 2.05) is 30.3 Å². The maximum Gasteiger partial charge on any atom is 0.407 e. The largest absolute Gasteiger partial charge is 0.445 e. The lowest BCUT2D eigenvalue weighted by Crippen LogP contribution is -2.29. The molecule has 0 aliphatic rings. The number of carbonyl (C=O) groups is 1. The van der Waals surface area contributed by atoms with Gasteiger partial charge in [-0.05, 0) is 29.7 Å². The van der Waals surface area contributed by atoms with Gasteiger partial charge < -0.3 is 26.0 Å². The van der Waals surface area contributed by atoms with Crippen molar-refractivity contribution in [2.24, 2.45) is 0 Å². The molecule has 0 saturated heterocycles. The van der Waals surface area contributed by atoms with Gasteiger partial charge in [-0.25, -0.2) is 9.78 Å². The molecule has 2 aromatic rings. The summed E-state index contributed by atoms with van der Waals surface area (Å²) in [6, 6.07) is 12.4. The van der Waals surface area contributed by atoms with Gasteiger partial charge in [-0.3, -0.25) is 0 Å². The van der Waals surface area contributed by atoms with Crippen LogP contribution < -0.4 is 11.1 Å². The van der Waals surface area contributed by atoms with Crippen molar-refractivity contribution in [2.75, 3.05) is 12.3 Å². The number of nitrogen functional groups attached to an aromatic ring is 1. The Kier molecular flexibility index (Phi) is 6.53. The van der Waals surface area contributed by atoms with Crippen molar-refractivity contribution in [3.8, 4) is 0 Å². The van der Waals surface area contributed by atoms with Gasteiger partial charge in [0.15, 0.2) is 0 Å². The van der Waals surface area contributed by atoms with Crippen LogP contribution in [0.15, 0.2) is 48.7 Å². The third kappa shape index (κ3) is 5.53. The number of aliphatic hydroxyl groups is 2. The first-order valence-electron chi connectivity index (χ1n) is 7.58. The van der Waals surface area contributed by atoms with E-state index in [9.17, 15) is 15.0 Å². The van der Waals surface area contributed by atoms with Crippen LogP contribution in [-0.4, -0.2) is 33.9 Å². The van der Waals surface area contributed by atoms with Crippen LogP contribution in [-0.2, 0) is 11.3 Å². The molecule has 2 atom stereocenters. The molecule has 7 heteroatoms. The summed E-state index contributed by atoms with van der Waals surface area (Å²) in [6.07, 6.45) is -1.09. The molecule has 0 aliphatic heterocycles. The highest BCUT2D eigenvalue weighted by Crippen LogP contribution is 2.19. The van der Waals surface area contributed by atoms with Crippen LogP contribution in [0.4, 0.5) is 10.6 Å². The number of nitrogens with zero attached hydrogens (tertiary/aromatic N) is 1. The Bertz CT molecular complexity index is 651. The highest BCUT2D eigenvalue weighted by Gasteiger charge is 2.18. The normalized spacial score (nSPS) is 13.1. The van der Waals surface area contributed by atoms with Gasteiger partial charge in [0.2, 0.25) is 0 Å². The summed E-state index contributed by atoms with van der Waals surface area (Å²) >= 11 is 0. The Morgan fingerprint density at radius 2 is 2.00 bits per heavy atom. The number of hydrogen-bond acceptors (Lipinski definition) is 6. The minimum Gasteiger partial charge on any atom is -0.445 e. The number of carbonyl (C=O) groups excluding carboxylic acids is 1. The number of nitrogens with two attached hydrogens (primary N) is 1. The summed E-state index contributed by atoms with van der Waals surface area (Å²) in [6.45, 7) is 0.348. The summed E-state index contributed by atoms with van der Waals surface area (Å²) in [4.78, 5) is 15.4. The van der Waals surface area contributed by atoms with Gasteiger partial charge in [-0.2, -0.15) is 0 Å². The summed E-state index contributed by atoms with van der Waals surface area (Å²) in [5.41, 5.74) is 6.90. The molecular formula is C17H21N3O4. The van der Waals surface area contributed by atoms with Crippen molar-refractivity contribution >= 4 is 11.9 Å². The van der Waals surface area contributed by atoms with Crippen LogP contribution in [0.2, 0.25) is 0 Å². The summed E-state index contributed by atoms with van der Waals surface area (Å²) < 4.78 is 5.05. The predicted octanol–water partition coefficient (Wildman–Crippen LogP) is 1.37. The van der Waals surface area contributed by atoms with Crippen molar-refractivity contribution in [3.05, 3.63) is 59.8 Å². The van der Waals surface area contributed by atoms with E-state index in [2.05, 4.69) is 10.3 Å². The molecule has 2 rings (SSSR count). The second-order valence-electron chi connectivity index (χ2n) is 5.30. The number of aromatic nitrogens is 1. The van der Waals surface area contributed by atoms with Crippen molar-refractivity contribution in [3.63, 3.8) is 0 Å². The fraction of sp³-hybridized carbons (Fsp3) is 0.294. The molecule has 7 nitrogen and oxygen atoms in total. The average Bonchev–Trinajstić information content (AvgIpc) is 2.60. The highest BCUT2D eigenvalue weighted by atomic mass is 16.5. The van der Waals surface area contributed by atoms with Gasteiger partial charge in [0.1, 0.15) is 18.5 Å². The lowest BCUT2D eigenvalue weighted by molar-refractivity contribution is 0.0136. The molecule has 0 fully saturated rings. The maximum atomic E-state index is 11.6. The molecule has 1 heterocycles. The smallest absolute Gasteiger partial charge is 0.407 e. The topological polar surface area (TPSA) is 118 Å². The standard InChI is InChI=1S/C17H21N3O4/c18-15-10-13(6-8-19-15)16(22)14(21)7-9-20-17(23)24-11-12-4-2-1-3-5-12/h1-6,8,10,14,16,21-22H,7,9,11H2,(H2,18,19)(H,20,23). The zero-order valence-corrected chi connectivity index (χ0v) is 13.1. The van der Waals surface area contributed by atoms with Gasteiger partial charge in [0.25, 0.3) is 0 Å². The van der Waals surface area contributed by atoms with Crippen LogP contribution in [0.1, 0.15) is 23.7 Å². The molecule has 0 aliphatic carbocycles. The Morgan fingerprint density at radius 3 is 2.71 bits per heavy atom. The fourth-order valence-electron chi connectivity index (χ4n) is 2.13. The van der Waals surface area contributed by atoms with E-state index in [0.29, 0.717) is 5.56 Å². The first-order valence-corrected chi connectivity index (χ1v) is 7.58. The number of pyridine rings is 1. The number of anilines is 1. The van der Waals surface area contributed by atoms with E-state index >= 15 is 0 Å². The number of benzene rings is 1.